The number of carbonyl (C=O) groups is 3. The van der Waals surface area contributed by atoms with Gasteiger partial charge in [0.2, 0.25) is 5.91 Å². The predicted molar refractivity (Wildman–Crippen MR) is 158 cm³/mol. The molecule has 3 amide bonds. The molecular weight excluding hydrogens is 534 g/mol. The summed E-state index contributed by atoms with van der Waals surface area (Å²) in [6.07, 6.45) is 3.21. The molecule has 3 aromatic rings. The number of hydrogen-bond acceptors (Lipinski definition) is 8. The zero-order valence-corrected chi connectivity index (χ0v) is 24.0. The Bertz CT molecular complexity index is 1480. The lowest BCUT2D eigenvalue weighted by atomic mass is 9.93. The molecule has 3 aliphatic rings. The molecule has 0 radical (unpaired) electrons. The van der Waals surface area contributed by atoms with Gasteiger partial charge in [0, 0.05) is 63.0 Å². The van der Waals surface area contributed by atoms with Gasteiger partial charge in [-0.1, -0.05) is 12.1 Å². The van der Waals surface area contributed by atoms with Crippen LogP contribution in [0.4, 0.5) is 11.5 Å². The number of carbonyl (C=O) groups excluding carboxylic acids is 3. The van der Waals surface area contributed by atoms with Gasteiger partial charge >= 0.3 is 0 Å². The van der Waals surface area contributed by atoms with Crippen molar-refractivity contribution in [2.75, 3.05) is 63.3 Å². The number of pyridine rings is 1. The lowest BCUT2D eigenvalue weighted by Gasteiger charge is -2.39. The van der Waals surface area contributed by atoms with Gasteiger partial charge in [-0.2, -0.15) is 0 Å². The Hall–Kier alpha value is -4.60. The Morgan fingerprint density at radius 2 is 1.64 bits per heavy atom. The van der Waals surface area contributed by atoms with Crippen LogP contribution < -0.4 is 19.3 Å². The van der Waals surface area contributed by atoms with Crippen molar-refractivity contribution < 1.29 is 23.9 Å². The second-order valence-electron chi connectivity index (χ2n) is 10.8. The van der Waals surface area contributed by atoms with Crippen LogP contribution in [-0.2, 0) is 11.3 Å². The van der Waals surface area contributed by atoms with Crippen LogP contribution in [0, 0.1) is 5.92 Å². The Kier molecular flexibility index (Phi) is 7.69. The van der Waals surface area contributed by atoms with Crippen LogP contribution >= 0.6 is 0 Å². The van der Waals surface area contributed by atoms with E-state index in [1.165, 1.54) is 4.90 Å². The van der Waals surface area contributed by atoms with E-state index < -0.39 is 0 Å². The van der Waals surface area contributed by atoms with Crippen molar-refractivity contribution in [1.82, 2.24) is 14.8 Å². The van der Waals surface area contributed by atoms with Crippen molar-refractivity contribution in [3.63, 3.8) is 0 Å². The average Bonchev–Trinajstić information content (AvgIpc) is 3.30. The van der Waals surface area contributed by atoms with Gasteiger partial charge in [-0.15, -0.1) is 0 Å². The molecule has 42 heavy (non-hydrogen) atoms. The maximum atomic E-state index is 13.6. The summed E-state index contributed by atoms with van der Waals surface area (Å²) in [5, 5.41) is 0. The molecule has 0 bridgehead atoms. The zero-order valence-electron chi connectivity index (χ0n) is 24.0. The highest BCUT2D eigenvalue weighted by molar-refractivity contribution is 6.23. The fourth-order valence-corrected chi connectivity index (χ4v) is 6.20. The third-order valence-electron chi connectivity index (χ3n) is 8.55. The van der Waals surface area contributed by atoms with Crippen LogP contribution in [-0.4, -0.2) is 86.0 Å². The highest BCUT2D eigenvalue weighted by atomic mass is 16.5. The molecule has 6 rings (SSSR count). The topological polar surface area (TPSA) is 95.5 Å². The number of fused-ring (bicyclic) bond motifs is 1. The molecule has 0 spiro atoms. The van der Waals surface area contributed by atoms with Crippen LogP contribution in [0.3, 0.4) is 0 Å². The highest BCUT2D eigenvalue weighted by Gasteiger charge is 2.40. The second-order valence-corrected chi connectivity index (χ2v) is 10.8. The van der Waals surface area contributed by atoms with E-state index in [9.17, 15) is 14.4 Å². The van der Waals surface area contributed by atoms with Gasteiger partial charge < -0.3 is 24.2 Å². The van der Waals surface area contributed by atoms with Gasteiger partial charge in [-0.25, -0.2) is 4.98 Å². The number of hydrogen-bond donors (Lipinski definition) is 0. The summed E-state index contributed by atoms with van der Waals surface area (Å²) < 4.78 is 10.8. The van der Waals surface area contributed by atoms with Gasteiger partial charge in [0.05, 0.1) is 37.6 Å². The van der Waals surface area contributed by atoms with E-state index in [-0.39, 0.29) is 30.2 Å². The molecule has 3 aliphatic heterocycles. The molecule has 0 aliphatic carbocycles. The summed E-state index contributed by atoms with van der Waals surface area (Å²) in [4.78, 5) is 52.4. The lowest BCUT2D eigenvalue weighted by molar-refractivity contribution is -0.136. The number of imide groups is 1. The van der Waals surface area contributed by atoms with E-state index in [2.05, 4.69) is 14.8 Å². The molecule has 0 saturated carbocycles. The van der Waals surface area contributed by atoms with Crippen LogP contribution in [0.5, 0.6) is 11.5 Å². The van der Waals surface area contributed by atoms with Gasteiger partial charge in [0.15, 0.2) is 0 Å². The normalized spacial score (nSPS) is 17.5. The minimum atomic E-state index is -0.315. The third kappa shape index (κ3) is 5.13. The summed E-state index contributed by atoms with van der Waals surface area (Å²) in [5.74, 6) is 1.67. The number of ether oxygens (including phenoxy) is 2. The first-order valence-electron chi connectivity index (χ1n) is 14.4. The summed E-state index contributed by atoms with van der Waals surface area (Å²) in [5.41, 5.74) is 2.32. The smallest absolute Gasteiger partial charge is 0.263 e. The quantitative estimate of drug-likeness (QED) is 0.400. The number of methoxy groups -OCH3 is 2. The van der Waals surface area contributed by atoms with E-state index in [4.69, 9.17) is 9.47 Å². The van der Waals surface area contributed by atoms with E-state index in [1.807, 2.05) is 41.3 Å². The van der Waals surface area contributed by atoms with Crippen LogP contribution in [0.25, 0.3) is 0 Å². The number of aromatic nitrogens is 1. The first-order valence-corrected chi connectivity index (χ1v) is 14.4. The Morgan fingerprint density at radius 1 is 0.857 bits per heavy atom. The summed E-state index contributed by atoms with van der Waals surface area (Å²) in [6.45, 7) is 4.31. The number of amides is 3. The van der Waals surface area contributed by atoms with Crippen molar-refractivity contribution in [3.8, 4) is 11.5 Å². The minimum absolute atomic E-state index is 0.0456. The summed E-state index contributed by atoms with van der Waals surface area (Å²) in [7, 11) is 3.12. The number of nitrogens with zero attached hydrogens (tertiary/aromatic N) is 5. The van der Waals surface area contributed by atoms with Crippen molar-refractivity contribution in [2.24, 2.45) is 5.92 Å². The van der Waals surface area contributed by atoms with Crippen molar-refractivity contribution in [2.45, 2.75) is 19.4 Å². The molecule has 0 N–H and O–H groups in total. The standard InChI is InChI=1S/C32H35N5O5/c1-41-24-10-9-23(27(20-24)42-2)21-37-31(39)25-6-5-7-26(29(25)32(37)40)34-14-11-22(12-15-34)30(38)36-18-16-35(17-19-36)28-8-3-4-13-33-28/h3-10,13,20,22H,11-12,14-19,21H2,1-2H3. The van der Waals surface area contributed by atoms with E-state index >= 15 is 0 Å². The van der Waals surface area contributed by atoms with Gasteiger partial charge in [-0.3, -0.25) is 19.3 Å². The molecule has 2 fully saturated rings. The molecule has 2 saturated heterocycles. The fraction of sp³-hybridized carbons (Fsp3) is 0.375. The molecule has 0 unspecified atom stereocenters. The maximum absolute atomic E-state index is 13.6. The number of piperazine rings is 1. The largest absolute Gasteiger partial charge is 0.497 e. The van der Waals surface area contributed by atoms with Crippen LogP contribution in [0.1, 0.15) is 39.1 Å². The number of benzene rings is 2. The highest BCUT2D eigenvalue weighted by Crippen LogP contribution is 2.36. The maximum Gasteiger partial charge on any atom is 0.263 e. The van der Waals surface area contributed by atoms with Crippen LogP contribution in [0.2, 0.25) is 0 Å². The lowest BCUT2D eigenvalue weighted by Crippen LogP contribution is -2.52. The summed E-state index contributed by atoms with van der Waals surface area (Å²) in [6, 6.07) is 16.7. The molecule has 1 aromatic heterocycles. The number of piperidine rings is 1. The molecule has 218 valence electrons. The number of rotatable bonds is 7. The first kappa shape index (κ1) is 27.6. The second kappa shape index (κ2) is 11.7. The summed E-state index contributed by atoms with van der Waals surface area (Å²) >= 11 is 0. The van der Waals surface area contributed by atoms with E-state index in [1.54, 1.807) is 38.6 Å². The molecular formula is C32H35N5O5. The van der Waals surface area contributed by atoms with Crippen molar-refractivity contribution in [3.05, 3.63) is 77.5 Å². The SMILES string of the molecule is COc1ccc(CN2C(=O)c3cccc(N4CCC(C(=O)N5CCN(c6ccccn6)CC5)CC4)c3C2=O)c(OC)c1. The molecule has 10 nitrogen and oxygen atoms in total. The number of anilines is 2. The van der Waals surface area contributed by atoms with E-state index in [0.29, 0.717) is 61.6 Å². The Morgan fingerprint density at radius 3 is 2.33 bits per heavy atom. The van der Waals surface area contributed by atoms with Crippen molar-refractivity contribution >= 4 is 29.2 Å². The molecule has 0 atom stereocenters. The van der Waals surface area contributed by atoms with Gasteiger partial charge in [0.25, 0.3) is 11.8 Å². The molecule has 4 heterocycles. The Labute approximate surface area is 245 Å². The Balaban J connectivity index is 1.10. The minimum Gasteiger partial charge on any atom is -0.497 e. The predicted octanol–water partition coefficient (Wildman–Crippen LogP) is 3.46. The van der Waals surface area contributed by atoms with Gasteiger partial charge in [-0.05, 0) is 49.2 Å². The van der Waals surface area contributed by atoms with Gasteiger partial charge in [0.1, 0.15) is 17.3 Å². The third-order valence-corrected chi connectivity index (χ3v) is 8.55. The molecule has 2 aromatic carbocycles. The monoisotopic (exact) mass is 569 g/mol. The average molecular weight is 570 g/mol. The molecule has 10 heteroatoms. The van der Waals surface area contributed by atoms with Crippen LogP contribution in [0.15, 0.2) is 60.8 Å². The van der Waals surface area contributed by atoms with Crippen molar-refractivity contribution in [1.29, 1.82) is 0 Å². The fourth-order valence-electron chi connectivity index (χ4n) is 6.20. The van der Waals surface area contributed by atoms with E-state index in [0.717, 1.165) is 30.2 Å². The first-order chi connectivity index (χ1) is 20.5. The zero-order chi connectivity index (χ0) is 29.2.